The molecule has 0 saturated carbocycles. The molecule has 0 atom stereocenters. The molecule has 2 aromatic heterocycles. The van der Waals surface area contributed by atoms with E-state index in [1.165, 1.54) is 28.6 Å². The minimum absolute atomic E-state index is 0.0310. The van der Waals surface area contributed by atoms with Crippen LogP contribution >= 0.6 is 0 Å². The number of ether oxygens (including phenoxy) is 1. The molecule has 1 N–H and O–H groups in total. The molecule has 0 saturated heterocycles. The Balaban J connectivity index is 1.71. The molecule has 29 heavy (non-hydrogen) atoms. The van der Waals surface area contributed by atoms with Gasteiger partial charge in [0, 0.05) is 20.6 Å². The number of fused-ring (bicyclic) bond motifs is 1. The van der Waals surface area contributed by atoms with Crippen LogP contribution < -0.4 is 21.3 Å². The summed E-state index contributed by atoms with van der Waals surface area (Å²) in [7, 11) is 3.08. The van der Waals surface area contributed by atoms with Crippen molar-refractivity contribution < 1.29 is 18.3 Å². The SMILES string of the molecule is Cn1cnc2c1c(=O)n(CC(=O)NCCc1ccccc1OC(F)F)c(=O)n2C. The quantitative estimate of drug-likeness (QED) is 0.611. The minimum atomic E-state index is -2.95. The van der Waals surface area contributed by atoms with Crippen molar-refractivity contribution in [1.82, 2.24) is 24.0 Å². The lowest BCUT2D eigenvalue weighted by molar-refractivity contribution is -0.121. The summed E-state index contributed by atoms with van der Waals surface area (Å²) in [6.45, 7) is -3.30. The third-order valence-electron chi connectivity index (χ3n) is 4.41. The van der Waals surface area contributed by atoms with Gasteiger partial charge in [-0.15, -0.1) is 0 Å². The van der Waals surface area contributed by atoms with E-state index < -0.39 is 30.3 Å². The largest absolute Gasteiger partial charge is 0.435 e. The van der Waals surface area contributed by atoms with E-state index >= 15 is 0 Å². The Labute approximate surface area is 163 Å². The highest BCUT2D eigenvalue weighted by Crippen LogP contribution is 2.20. The summed E-state index contributed by atoms with van der Waals surface area (Å²) in [5.41, 5.74) is -0.341. The predicted molar refractivity (Wildman–Crippen MR) is 100 cm³/mol. The fraction of sp³-hybridized carbons (Fsp3) is 0.333. The monoisotopic (exact) mass is 407 g/mol. The fourth-order valence-electron chi connectivity index (χ4n) is 2.99. The molecule has 0 bridgehead atoms. The second-order valence-electron chi connectivity index (χ2n) is 6.35. The predicted octanol–water partition coefficient (Wildman–Crippen LogP) is 0.394. The molecule has 0 aliphatic carbocycles. The van der Waals surface area contributed by atoms with Crippen LogP contribution in [0.5, 0.6) is 5.75 Å². The Hall–Kier alpha value is -3.50. The summed E-state index contributed by atoms with van der Waals surface area (Å²) in [6.07, 6.45) is 1.65. The van der Waals surface area contributed by atoms with Crippen LogP contribution in [-0.4, -0.2) is 37.7 Å². The van der Waals surface area contributed by atoms with Gasteiger partial charge >= 0.3 is 12.3 Å². The third-order valence-corrected chi connectivity index (χ3v) is 4.41. The van der Waals surface area contributed by atoms with Crippen molar-refractivity contribution in [2.45, 2.75) is 19.6 Å². The zero-order valence-corrected chi connectivity index (χ0v) is 15.8. The van der Waals surface area contributed by atoms with Gasteiger partial charge in [0.25, 0.3) is 5.56 Å². The normalized spacial score (nSPS) is 11.2. The molecule has 3 rings (SSSR count). The van der Waals surface area contributed by atoms with Gasteiger partial charge in [0.1, 0.15) is 12.3 Å². The number of benzene rings is 1. The molecule has 0 aliphatic rings. The average Bonchev–Trinajstić information content (AvgIpc) is 3.06. The zero-order valence-electron chi connectivity index (χ0n) is 15.8. The lowest BCUT2D eigenvalue weighted by atomic mass is 10.1. The van der Waals surface area contributed by atoms with Crippen molar-refractivity contribution >= 4 is 17.1 Å². The van der Waals surface area contributed by atoms with Crippen LogP contribution in [0.3, 0.4) is 0 Å². The standard InChI is InChI=1S/C18H19F2N5O4/c1-23-10-22-15-14(23)16(27)25(18(28)24(15)2)9-13(26)21-8-7-11-5-3-4-6-12(11)29-17(19)20/h3-6,10,17H,7-9H2,1-2H3,(H,21,26). The second-order valence-corrected chi connectivity index (χ2v) is 6.35. The molecule has 2 heterocycles. The van der Waals surface area contributed by atoms with Gasteiger partial charge in [0.15, 0.2) is 11.2 Å². The summed E-state index contributed by atoms with van der Waals surface area (Å²) < 4.78 is 32.9. The first-order valence-electron chi connectivity index (χ1n) is 8.70. The van der Waals surface area contributed by atoms with E-state index in [-0.39, 0.29) is 29.9 Å². The summed E-state index contributed by atoms with van der Waals surface area (Å²) >= 11 is 0. The average molecular weight is 407 g/mol. The van der Waals surface area contributed by atoms with E-state index in [2.05, 4.69) is 15.0 Å². The Morgan fingerprint density at radius 1 is 1.24 bits per heavy atom. The molecule has 154 valence electrons. The number of carbonyl (C=O) groups excluding carboxylic acids is 1. The van der Waals surface area contributed by atoms with Crippen molar-refractivity contribution in [2.75, 3.05) is 6.54 Å². The number of para-hydroxylation sites is 1. The van der Waals surface area contributed by atoms with Crippen molar-refractivity contribution in [3.8, 4) is 5.75 Å². The number of hydrogen-bond donors (Lipinski definition) is 1. The zero-order chi connectivity index (χ0) is 21.1. The highest BCUT2D eigenvalue weighted by atomic mass is 19.3. The van der Waals surface area contributed by atoms with Crippen LogP contribution in [-0.2, 0) is 31.9 Å². The number of imidazole rings is 1. The Bertz CT molecular complexity index is 1170. The smallest absolute Gasteiger partial charge is 0.387 e. The first-order chi connectivity index (χ1) is 13.8. The molecule has 0 radical (unpaired) electrons. The lowest BCUT2D eigenvalue weighted by Gasteiger charge is -2.12. The van der Waals surface area contributed by atoms with Crippen molar-refractivity contribution in [3.05, 3.63) is 57.0 Å². The van der Waals surface area contributed by atoms with Crippen molar-refractivity contribution in [3.63, 3.8) is 0 Å². The van der Waals surface area contributed by atoms with Crippen LogP contribution in [0.1, 0.15) is 5.56 Å². The van der Waals surface area contributed by atoms with Crippen LogP contribution in [0.4, 0.5) is 8.78 Å². The third kappa shape index (κ3) is 4.18. The Kier molecular flexibility index (Phi) is 5.76. The summed E-state index contributed by atoms with van der Waals surface area (Å²) in [6, 6.07) is 6.26. The number of nitrogens with zero attached hydrogens (tertiary/aromatic N) is 4. The molecular weight excluding hydrogens is 388 g/mol. The number of halogens is 2. The maximum absolute atomic E-state index is 12.6. The number of aryl methyl sites for hydroxylation is 2. The van der Waals surface area contributed by atoms with Gasteiger partial charge in [0.05, 0.1) is 6.33 Å². The van der Waals surface area contributed by atoms with Crippen LogP contribution in [0, 0.1) is 0 Å². The molecule has 1 aromatic carbocycles. The maximum Gasteiger partial charge on any atom is 0.387 e. The number of hydrogen-bond acceptors (Lipinski definition) is 5. The second kappa shape index (κ2) is 8.25. The Morgan fingerprint density at radius 3 is 2.69 bits per heavy atom. The first kappa shape index (κ1) is 20.2. The number of carbonyl (C=O) groups is 1. The van der Waals surface area contributed by atoms with E-state index in [0.29, 0.717) is 5.56 Å². The summed E-state index contributed by atoms with van der Waals surface area (Å²) in [4.78, 5) is 41.2. The molecule has 9 nitrogen and oxygen atoms in total. The number of aromatic nitrogens is 4. The van der Waals surface area contributed by atoms with Gasteiger partial charge in [-0.2, -0.15) is 8.78 Å². The minimum Gasteiger partial charge on any atom is -0.435 e. The summed E-state index contributed by atoms with van der Waals surface area (Å²) in [5.74, 6) is -0.526. The molecule has 0 fully saturated rings. The number of rotatable bonds is 7. The molecule has 1 amide bonds. The molecule has 3 aromatic rings. The summed E-state index contributed by atoms with van der Waals surface area (Å²) in [5, 5.41) is 2.58. The highest BCUT2D eigenvalue weighted by molar-refractivity contribution is 5.76. The fourth-order valence-corrected chi connectivity index (χ4v) is 2.99. The molecule has 0 spiro atoms. The number of amides is 1. The van der Waals surface area contributed by atoms with E-state index in [9.17, 15) is 23.2 Å². The first-order valence-corrected chi connectivity index (χ1v) is 8.70. The number of alkyl halides is 2. The van der Waals surface area contributed by atoms with Gasteiger partial charge in [-0.05, 0) is 18.1 Å². The van der Waals surface area contributed by atoms with Gasteiger partial charge in [-0.3, -0.25) is 14.2 Å². The van der Waals surface area contributed by atoms with Crippen molar-refractivity contribution in [1.29, 1.82) is 0 Å². The highest BCUT2D eigenvalue weighted by Gasteiger charge is 2.17. The topological polar surface area (TPSA) is 100 Å². The van der Waals surface area contributed by atoms with E-state index in [1.54, 1.807) is 25.2 Å². The van der Waals surface area contributed by atoms with Gasteiger partial charge in [0.2, 0.25) is 5.91 Å². The van der Waals surface area contributed by atoms with Gasteiger partial charge < -0.3 is 14.6 Å². The maximum atomic E-state index is 12.6. The van der Waals surface area contributed by atoms with Gasteiger partial charge in [-0.25, -0.2) is 14.3 Å². The Morgan fingerprint density at radius 2 is 1.97 bits per heavy atom. The van der Waals surface area contributed by atoms with E-state index in [4.69, 9.17) is 0 Å². The molecule has 0 unspecified atom stereocenters. The molecule has 11 heteroatoms. The van der Waals surface area contributed by atoms with Crippen LogP contribution in [0.25, 0.3) is 11.2 Å². The van der Waals surface area contributed by atoms with Gasteiger partial charge in [-0.1, -0.05) is 18.2 Å². The van der Waals surface area contributed by atoms with Crippen molar-refractivity contribution in [2.24, 2.45) is 14.1 Å². The molecular formula is C18H19F2N5O4. The number of nitrogens with one attached hydrogen (secondary N) is 1. The van der Waals surface area contributed by atoms with Crippen LogP contribution in [0.2, 0.25) is 0 Å². The van der Waals surface area contributed by atoms with E-state index in [1.807, 2.05) is 0 Å². The van der Waals surface area contributed by atoms with E-state index in [0.717, 1.165) is 4.57 Å². The molecule has 0 aliphatic heterocycles. The van der Waals surface area contributed by atoms with Crippen LogP contribution in [0.15, 0.2) is 40.2 Å². The lowest BCUT2D eigenvalue weighted by Crippen LogP contribution is -2.43.